The van der Waals surface area contributed by atoms with Crippen molar-refractivity contribution in [1.82, 2.24) is 0 Å². The summed E-state index contributed by atoms with van der Waals surface area (Å²) in [5, 5.41) is 25.7. The van der Waals surface area contributed by atoms with Crippen molar-refractivity contribution in [3.05, 3.63) is 23.8 Å². The molecular formula is C12H18BNO6. The van der Waals surface area contributed by atoms with E-state index in [9.17, 15) is 5.02 Å². The molecule has 0 aromatic heterocycles. The molecule has 0 saturated carbocycles. The number of carboxylic acid groups (broad SMARTS) is 1. The maximum atomic E-state index is 9.65. The lowest BCUT2D eigenvalue weighted by molar-refractivity contribution is -0.134. The molecule has 8 heteroatoms. The first-order valence-electron chi connectivity index (χ1n) is 6.10. The van der Waals surface area contributed by atoms with Gasteiger partial charge in [-0.15, -0.1) is 0 Å². The Balaban J connectivity index is 0.000000444. The molecule has 0 spiro atoms. The van der Waals surface area contributed by atoms with Crippen LogP contribution in [0.15, 0.2) is 18.2 Å². The number of carboxylic acids is 1. The minimum Gasteiger partial charge on any atom is -0.491 e. The van der Waals surface area contributed by atoms with Gasteiger partial charge in [0.15, 0.2) is 0 Å². The highest BCUT2D eigenvalue weighted by Gasteiger charge is 2.34. The maximum Gasteiger partial charge on any atom is 0.492 e. The number of benzene rings is 1. The molecule has 1 aromatic carbocycles. The van der Waals surface area contributed by atoms with Gasteiger partial charge in [-0.2, -0.15) is 0 Å². The van der Waals surface area contributed by atoms with Crippen molar-refractivity contribution in [3.8, 4) is 5.75 Å². The van der Waals surface area contributed by atoms with Crippen LogP contribution in [0, 0.1) is 0 Å². The minimum absolute atomic E-state index is 0.0401. The zero-order valence-electron chi connectivity index (χ0n) is 11.2. The van der Waals surface area contributed by atoms with E-state index in [1.807, 2.05) is 6.07 Å². The Morgan fingerprint density at radius 2 is 2.20 bits per heavy atom. The monoisotopic (exact) mass is 283 g/mol. The van der Waals surface area contributed by atoms with Crippen LogP contribution in [0.5, 0.6) is 5.75 Å². The van der Waals surface area contributed by atoms with E-state index in [2.05, 4.69) is 0 Å². The SMILES string of the molecule is CC(=O)O.NCC1OB(O)c2cc(OCCO)ccc21. The summed E-state index contributed by atoms with van der Waals surface area (Å²) in [7, 11) is -0.943. The number of nitrogens with two attached hydrogens (primary N) is 1. The smallest absolute Gasteiger partial charge is 0.491 e. The van der Waals surface area contributed by atoms with Crippen LogP contribution in [0.25, 0.3) is 0 Å². The van der Waals surface area contributed by atoms with Crippen molar-refractivity contribution in [1.29, 1.82) is 0 Å². The third-order valence-corrected chi connectivity index (χ3v) is 2.54. The number of aliphatic hydroxyl groups is 1. The highest BCUT2D eigenvalue weighted by atomic mass is 16.5. The van der Waals surface area contributed by atoms with Gasteiger partial charge in [-0.3, -0.25) is 4.79 Å². The molecule has 1 aromatic rings. The summed E-state index contributed by atoms with van der Waals surface area (Å²) in [5.41, 5.74) is 7.11. The van der Waals surface area contributed by atoms with Gasteiger partial charge in [0.2, 0.25) is 0 Å². The van der Waals surface area contributed by atoms with E-state index in [1.165, 1.54) is 0 Å². The zero-order chi connectivity index (χ0) is 15.1. The first-order chi connectivity index (χ1) is 9.49. The maximum absolute atomic E-state index is 9.65. The summed E-state index contributed by atoms with van der Waals surface area (Å²) in [6, 6.07) is 5.32. The van der Waals surface area contributed by atoms with Gasteiger partial charge in [-0.1, -0.05) is 6.07 Å². The lowest BCUT2D eigenvalue weighted by atomic mass is 9.79. The van der Waals surface area contributed by atoms with Crippen molar-refractivity contribution >= 4 is 18.6 Å². The van der Waals surface area contributed by atoms with Gasteiger partial charge < -0.3 is 30.4 Å². The lowest BCUT2D eigenvalue weighted by Gasteiger charge is -2.09. The second kappa shape index (κ2) is 7.86. The molecule has 1 aliphatic heterocycles. The van der Waals surface area contributed by atoms with E-state index < -0.39 is 13.1 Å². The number of fused-ring (bicyclic) bond motifs is 1. The molecule has 0 bridgehead atoms. The molecule has 1 atom stereocenters. The summed E-state index contributed by atoms with van der Waals surface area (Å²) in [6.07, 6.45) is -0.253. The van der Waals surface area contributed by atoms with Gasteiger partial charge in [0, 0.05) is 13.5 Å². The number of aliphatic hydroxyl groups excluding tert-OH is 1. The number of aliphatic carboxylic acids is 1. The third kappa shape index (κ3) is 4.50. The van der Waals surface area contributed by atoms with E-state index >= 15 is 0 Å². The molecule has 20 heavy (non-hydrogen) atoms. The highest BCUT2D eigenvalue weighted by Crippen LogP contribution is 2.24. The van der Waals surface area contributed by atoms with E-state index in [0.717, 1.165) is 12.5 Å². The number of hydrogen-bond donors (Lipinski definition) is 4. The second-order valence-corrected chi connectivity index (χ2v) is 4.09. The van der Waals surface area contributed by atoms with Crippen LogP contribution in [0.1, 0.15) is 18.6 Å². The van der Waals surface area contributed by atoms with Crippen molar-refractivity contribution in [2.45, 2.75) is 13.0 Å². The second-order valence-electron chi connectivity index (χ2n) is 4.09. The van der Waals surface area contributed by atoms with Gasteiger partial charge in [0.1, 0.15) is 12.4 Å². The minimum atomic E-state index is -0.943. The Hall–Kier alpha value is -1.61. The summed E-state index contributed by atoms with van der Waals surface area (Å²) in [4.78, 5) is 9.00. The topological polar surface area (TPSA) is 122 Å². The summed E-state index contributed by atoms with van der Waals surface area (Å²) < 4.78 is 10.5. The number of rotatable bonds is 4. The predicted molar refractivity (Wildman–Crippen MR) is 72.8 cm³/mol. The molecule has 5 N–H and O–H groups in total. The fourth-order valence-corrected chi connectivity index (χ4v) is 1.80. The van der Waals surface area contributed by atoms with Crippen LogP contribution in [-0.2, 0) is 9.45 Å². The van der Waals surface area contributed by atoms with Crippen molar-refractivity contribution in [3.63, 3.8) is 0 Å². The van der Waals surface area contributed by atoms with E-state index in [4.69, 9.17) is 30.1 Å². The molecule has 7 nitrogen and oxygen atoms in total. The quantitative estimate of drug-likeness (QED) is 0.515. The third-order valence-electron chi connectivity index (χ3n) is 2.54. The van der Waals surface area contributed by atoms with Crippen LogP contribution >= 0.6 is 0 Å². The van der Waals surface area contributed by atoms with Crippen LogP contribution in [-0.4, -0.2) is 48.1 Å². The van der Waals surface area contributed by atoms with Crippen LogP contribution in [0.4, 0.5) is 0 Å². The molecule has 0 radical (unpaired) electrons. The Morgan fingerprint density at radius 1 is 1.55 bits per heavy atom. The van der Waals surface area contributed by atoms with Gasteiger partial charge in [-0.05, 0) is 23.2 Å². The Bertz CT molecular complexity index is 452. The van der Waals surface area contributed by atoms with Crippen LogP contribution in [0.2, 0.25) is 0 Å². The van der Waals surface area contributed by atoms with Crippen molar-refractivity contribution in [2.24, 2.45) is 5.73 Å². The van der Waals surface area contributed by atoms with Crippen molar-refractivity contribution in [2.75, 3.05) is 19.8 Å². The molecular weight excluding hydrogens is 265 g/mol. The standard InChI is InChI=1S/C10H14BNO4.C2H4O2/c12-6-10-8-2-1-7(15-4-3-13)5-9(8)11(14)16-10;1-2(3)4/h1-2,5,10,13-14H,3-4,6,12H2;1H3,(H,3,4). The summed E-state index contributed by atoms with van der Waals surface area (Å²) >= 11 is 0. The largest absolute Gasteiger partial charge is 0.492 e. The number of carbonyl (C=O) groups is 1. The normalized spacial score (nSPS) is 16.2. The molecule has 1 heterocycles. The van der Waals surface area contributed by atoms with Crippen LogP contribution < -0.4 is 15.9 Å². The van der Waals surface area contributed by atoms with Gasteiger partial charge >= 0.3 is 7.12 Å². The Kier molecular flexibility index (Phi) is 6.46. The van der Waals surface area contributed by atoms with Crippen molar-refractivity contribution < 1.29 is 29.4 Å². The Labute approximate surface area is 117 Å². The highest BCUT2D eigenvalue weighted by molar-refractivity contribution is 6.61. The summed E-state index contributed by atoms with van der Waals surface area (Å²) in [5.74, 6) is -0.229. The average molecular weight is 283 g/mol. The predicted octanol–water partition coefficient (Wildman–Crippen LogP) is -1.13. The molecule has 2 rings (SSSR count). The van der Waals surface area contributed by atoms with Gasteiger partial charge in [0.05, 0.1) is 12.7 Å². The Morgan fingerprint density at radius 3 is 2.75 bits per heavy atom. The van der Waals surface area contributed by atoms with E-state index in [0.29, 0.717) is 17.8 Å². The molecule has 0 amide bonds. The fourth-order valence-electron chi connectivity index (χ4n) is 1.80. The van der Waals surface area contributed by atoms with Gasteiger partial charge in [0.25, 0.3) is 5.97 Å². The number of ether oxygens (including phenoxy) is 1. The first kappa shape index (κ1) is 16.4. The number of hydrogen-bond acceptors (Lipinski definition) is 6. The molecule has 1 unspecified atom stereocenters. The average Bonchev–Trinajstić information content (AvgIpc) is 2.72. The molecule has 0 saturated heterocycles. The van der Waals surface area contributed by atoms with Crippen LogP contribution in [0.3, 0.4) is 0 Å². The molecule has 0 aliphatic carbocycles. The fraction of sp³-hybridized carbons (Fsp3) is 0.417. The lowest BCUT2D eigenvalue weighted by Crippen LogP contribution is -2.28. The van der Waals surface area contributed by atoms with Gasteiger partial charge in [-0.25, -0.2) is 0 Å². The molecule has 0 fully saturated rings. The van der Waals surface area contributed by atoms with E-state index in [1.54, 1.807) is 12.1 Å². The first-order valence-corrected chi connectivity index (χ1v) is 6.10. The molecule has 1 aliphatic rings. The van der Waals surface area contributed by atoms with E-state index in [-0.39, 0.29) is 19.3 Å². The molecule has 110 valence electrons. The summed E-state index contributed by atoms with van der Waals surface area (Å²) in [6.45, 7) is 1.61. The zero-order valence-corrected chi connectivity index (χ0v) is 11.2.